The summed E-state index contributed by atoms with van der Waals surface area (Å²) >= 11 is 0. The predicted octanol–water partition coefficient (Wildman–Crippen LogP) is 4.16. The highest BCUT2D eigenvalue weighted by Crippen LogP contribution is 2.18. The number of hydrogen-bond acceptors (Lipinski definition) is 2. The monoisotopic (exact) mass is 259 g/mol. The van der Waals surface area contributed by atoms with Crippen molar-refractivity contribution in [1.29, 1.82) is 0 Å². The van der Waals surface area contributed by atoms with Gasteiger partial charge in [-0.25, -0.2) is 0 Å². The molecule has 2 heteroatoms. The normalized spacial score (nSPS) is 11.8. The van der Waals surface area contributed by atoms with Gasteiger partial charge in [-0.05, 0) is 37.6 Å². The fourth-order valence-electron chi connectivity index (χ4n) is 1.81. The zero-order valence-electron chi connectivity index (χ0n) is 12.7. The molecule has 0 aromatic heterocycles. The van der Waals surface area contributed by atoms with Gasteiger partial charge in [0.1, 0.15) is 0 Å². The summed E-state index contributed by atoms with van der Waals surface area (Å²) in [5, 5.41) is 0. The standard InChI is InChI=1S/C17H25NO/c1-6-18(7-2)15-11-8-14(9-12-15)10-13-16(19)17(3,4)5/h8-13H,6-7H2,1-5H3/b13-10+. The van der Waals surface area contributed by atoms with Gasteiger partial charge in [-0.15, -0.1) is 0 Å². The van der Waals surface area contributed by atoms with Gasteiger partial charge in [0.05, 0.1) is 0 Å². The molecule has 0 amide bonds. The van der Waals surface area contributed by atoms with Crippen molar-refractivity contribution in [3.05, 3.63) is 35.9 Å². The summed E-state index contributed by atoms with van der Waals surface area (Å²) in [5.41, 5.74) is 1.98. The Morgan fingerprint density at radius 3 is 2.05 bits per heavy atom. The van der Waals surface area contributed by atoms with Gasteiger partial charge in [0.15, 0.2) is 5.78 Å². The lowest BCUT2D eigenvalue weighted by atomic mass is 9.90. The summed E-state index contributed by atoms with van der Waals surface area (Å²) < 4.78 is 0. The van der Waals surface area contributed by atoms with E-state index in [1.165, 1.54) is 5.69 Å². The molecule has 0 aliphatic rings. The van der Waals surface area contributed by atoms with Gasteiger partial charge in [-0.3, -0.25) is 4.79 Å². The molecule has 0 fully saturated rings. The molecule has 19 heavy (non-hydrogen) atoms. The molecule has 0 saturated carbocycles. The molecule has 0 unspecified atom stereocenters. The first-order chi connectivity index (χ1) is 8.88. The average Bonchev–Trinajstić information content (AvgIpc) is 2.37. The van der Waals surface area contributed by atoms with Crippen LogP contribution in [-0.2, 0) is 4.79 Å². The maximum absolute atomic E-state index is 11.8. The van der Waals surface area contributed by atoms with Gasteiger partial charge in [-0.1, -0.05) is 39.0 Å². The van der Waals surface area contributed by atoms with E-state index < -0.39 is 0 Å². The van der Waals surface area contributed by atoms with E-state index in [-0.39, 0.29) is 11.2 Å². The third-order valence-electron chi connectivity index (χ3n) is 3.19. The molecule has 104 valence electrons. The zero-order chi connectivity index (χ0) is 14.5. The Labute approximate surface area is 117 Å². The summed E-state index contributed by atoms with van der Waals surface area (Å²) in [6, 6.07) is 8.32. The van der Waals surface area contributed by atoms with Crippen molar-refractivity contribution in [3.63, 3.8) is 0 Å². The van der Waals surface area contributed by atoms with Gasteiger partial charge >= 0.3 is 0 Å². The van der Waals surface area contributed by atoms with E-state index in [0.717, 1.165) is 18.7 Å². The van der Waals surface area contributed by atoms with Crippen LogP contribution in [0.5, 0.6) is 0 Å². The van der Waals surface area contributed by atoms with Crippen LogP contribution < -0.4 is 4.90 Å². The Balaban J connectivity index is 2.78. The number of nitrogens with zero attached hydrogens (tertiary/aromatic N) is 1. The average molecular weight is 259 g/mol. The second-order valence-electron chi connectivity index (χ2n) is 5.71. The number of benzene rings is 1. The van der Waals surface area contributed by atoms with Gasteiger partial charge in [-0.2, -0.15) is 0 Å². The molecular formula is C17H25NO. The van der Waals surface area contributed by atoms with Crippen LogP contribution >= 0.6 is 0 Å². The van der Waals surface area contributed by atoms with E-state index >= 15 is 0 Å². The predicted molar refractivity (Wildman–Crippen MR) is 83.5 cm³/mol. The number of ketones is 1. The van der Waals surface area contributed by atoms with Crippen LogP contribution in [0.15, 0.2) is 30.3 Å². The maximum atomic E-state index is 11.8. The second kappa shape index (κ2) is 6.55. The van der Waals surface area contributed by atoms with Crippen LogP contribution in [-0.4, -0.2) is 18.9 Å². The minimum atomic E-state index is -0.308. The van der Waals surface area contributed by atoms with Gasteiger partial charge in [0, 0.05) is 24.2 Å². The lowest BCUT2D eigenvalue weighted by Crippen LogP contribution is -2.21. The molecule has 0 atom stereocenters. The first-order valence-corrected chi connectivity index (χ1v) is 6.96. The summed E-state index contributed by atoms with van der Waals surface area (Å²) in [6.07, 6.45) is 3.56. The Hall–Kier alpha value is -1.57. The lowest BCUT2D eigenvalue weighted by Gasteiger charge is -2.20. The summed E-state index contributed by atoms with van der Waals surface area (Å²) in [5.74, 6) is 0.153. The highest BCUT2D eigenvalue weighted by atomic mass is 16.1. The lowest BCUT2D eigenvalue weighted by molar-refractivity contribution is -0.121. The minimum Gasteiger partial charge on any atom is -0.372 e. The fraction of sp³-hybridized carbons (Fsp3) is 0.471. The zero-order valence-corrected chi connectivity index (χ0v) is 12.7. The minimum absolute atomic E-state index is 0.153. The number of rotatable bonds is 5. The van der Waals surface area contributed by atoms with E-state index in [2.05, 4.69) is 43.0 Å². The number of carbonyl (C=O) groups excluding carboxylic acids is 1. The molecule has 0 bridgehead atoms. The van der Waals surface area contributed by atoms with Crippen LogP contribution in [0.3, 0.4) is 0 Å². The van der Waals surface area contributed by atoms with Crippen LogP contribution in [0.2, 0.25) is 0 Å². The third-order valence-corrected chi connectivity index (χ3v) is 3.19. The van der Waals surface area contributed by atoms with Crippen molar-refractivity contribution < 1.29 is 4.79 Å². The SMILES string of the molecule is CCN(CC)c1ccc(/C=C/C(=O)C(C)(C)C)cc1. The highest BCUT2D eigenvalue weighted by molar-refractivity contribution is 5.97. The maximum Gasteiger partial charge on any atom is 0.161 e. The van der Waals surface area contributed by atoms with Crippen LogP contribution in [0.1, 0.15) is 40.2 Å². The quantitative estimate of drug-likeness (QED) is 0.740. The third kappa shape index (κ3) is 4.55. The molecule has 0 aliphatic carbocycles. The fourth-order valence-corrected chi connectivity index (χ4v) is 1.81. The topological polar surface area (TPSA) is 20.3 Å². The van der Waals surface area contributed by atoms with E-state index in [1.54, 1.807) is 6.08 Å². The molecule has 0 saturated heterocycles. The van der Waals surface area contributed by atoms with Crippen LogP contribution in [0.4, 0.5) is 5.69 Å². The smallest absolute Gasteiger partial charge is 0.161 e. The largest absolute Gasteiger partial charge is 0.372 e. The van der Waals surface area contributed by atoms with Gasteiger partial charge < -0.3 is 4.90 Å². The van der Waals surface area contributed by atoms with Gasteiger partial charge in [0.25, 0.3) is 0 Å². The van der Waals surface area contributed by atoms with E-state index in [0.29, 0.717) is 0 Å². The molecule has 0 radical (unpaired) electrons. The van der Waals surface area contributed by atoms with E-state index in [4.69, 9.17) is 0 Å². The molecular weight excluding hydrogens is 234 g/mol. The molecule has 0 N–H and O–H groups in total. The molecule has 0 heterocycles. The summed E-state index contributed by atoms with van der Waals surface area (Å²) in [6.45, 7) is 12.1. The molecule has 0 spiro atoms. The molecule has 1 aromatic carbocycles. The molecule has 1 rings (SSSR count). The Kier molecular flexibility index (Phi) is 5.34. The van der Waals surface area contributed by atoms with Crippen molar-refractivity contribution >= 4 is 17.5 Å². The number of anilines is 1. The Bertz CT molecular complexity index is 433. The second-order valence-corrected chi connectivity index (χ2v) is 5.71. The highest BCUT2D eigenvalue weighted by Gasteiger charge is 2.17. The van der Waals surface area contributed by atoms with E-state index in [1.807, 2.05) is 26.8 Å². The van der Waals surface area contributed by atoms with E-state index in [9.17, 15) is 4.79 Å². The Morgan fingerprint density at radius 2 is 1.63 bits per heavy atom. The summed E-state index contributed by atoms with van der Waals surface area (Å²) in [7, 11) is 0. The van der Waals surface area contributed by atoms with Crippen molar-refractivity contribution in [2.45, 2.75) is 34.6 Å². The Morgan fingerprint density at radius 1 is 1.11 bits per heavy atom. The molecule has 0 aliphatic heterocycles. The molecule has 2 nitrogen and oxygen atoms in total. The first-order valence-electron chi connectivity index (χ1n) is 6.96. The van der Waals surface area contributed by atoms with Gasteiger partial charge in [0.2, 0.25) is 0 Å². The van der Waals surface area contributed by atoms with Crippen LogP contribution in [0, 0.1) is 5.41 Å². The van der Waals surface area contributed by atoms with Crippen molar-refractivity contribution in [2.24, 2.45) is 5.41 Å². The number of carbonyl (C=O) groups is 1. The van der Waals surface area contributed by atoms with Crippen molar-refractivity contribution in [1.82, 2.24) is 0 Å². The molecule has 1 aromatic rings. The first kappa shape index (κ1) is 15.5. The van der Waals surface area contributed by atoms with Crippen molar-refractivity contribution in [2.75, 3.05) is 18.0 Å². The number of allylic oxidation sites excluding steroid dienone is 1. The number of hydrogen-bond donors (Lipinski definition) is 0. The summed E-state index contributed by atoms with van der Waals surface area (Å²) in [4.78, 5) is 14.1. The van der Waals surface area contributed by atoms with Crippen LogP contribution in [0.25, 0.3) is 6.08 Å². The van der Waals surface area contributed by atoms with Crippen molar-refractivity contribution in [3.8, 4) is 0 Å².